The first-order valence-electron chi connectivity index (χ1n) is 6.32. The van der Waals surface area contributed by atoms with Crippen LogP contribution in [0.4, 0.5) is 24.5 Å². The minimum atomic E-state index is -4.68. The fourth-order valence-electron chi connectivity index (χ4n) is 2.54. The average molecular weight is 300 g/mol. The summed E-state index contributed by atoms with van der Waals surface area (Å²) in [6, 6.07) is 2.13. The quantitative estimate of drug-likeness (QED) is 0.802. The van der Waals surface area contributed by atoms with E-state index in [0.29, 0.717) is 32.0 Å². The lowest BCUT2D eigenvalue weighted by molar-refractivity contribution is -0.137. The minimum Gasteiger partial charge on any atom is -0.378 e. The molecule has 1 fully saturated rings. The van der Waals surface area contributed by atoms with E-state index in [1.165, 1.54) is 6.07 Å². The van der Waals surface area contributed by atoms with Crippen LogP contribution in [0.1, 0.15) is 15.9 Å². The lowest BCUT2D eigenvalue weighted by Crippen LogP contribution is -2.36. The Bertz CT molecular complexity index is 622. The maximum absolute atomic E-state index is 13.0. The molecule has 8 heteroatoms. The van der Waals surface area contributed by atoms with Gasteiger partial charge in [0.2, 0.25) is 0 Å². The third-order valence-corrected chi connectivity index (χ3v) is 3.51. The monoisotopic (exact) mass is 300 g/mol. The summed E-state index contributed by atoms with van der Waals surface area (Å²) < 4.78 is 44.2. The zero-order chi connectivity index (χ0) is 15.2. The summed E-state index contributed by atoms with van der Waals surface area (Å²) in [7, 11) is 0. The molecule has 0 atom stereocenters. The number of benzene rings is 1. The summed E-state index contributed by atoms with van der Waals surface area (Å²) in [5.74, 6) is -2.18. The fourth-order valence-corrected chi connectivity index (χ4v) is 2.54. The maximum atomic E-state index is 13.0. The molecular formula is C13H11F3N2O3. The number of alkyl halides is 3. The van der Waals surface area contributed by atoms with E-state index in [9.17, 15) is 22.8 Å². The van der Waals surface area contributed by atoms with Crippen molar-refractivity contribution in [3.05, 3.63) is 23.3 Å². The van der Waals surface area contributed by atoms with Crippen molar-refractivity contribution in [2.75, 3.05) is 36.5 Å². The molecule has 2 aliphatic rings. The van der Waals surface area contributed by atoms with Crippen molar-refractivity contribution in [2.45, 2.75) is 6.18 Å². The van der Waals surface area contributed by atoms with Gasteiger partial charge >= 0.3 is 6.18 Å². The van der Waals surface area contributed by atoms with Gasteiger partial charge in [0, 0.05) is 13.1 Å². The number of nitrogens with zero attached hydrogens (tertiary/aromatic N) is 1. The molecule has 2 heterocycles. The van der Waals surface area contributed by atoms with Crippen LogP contribution < -0.4 is 10.2 Å². The Morgan fingerprint density at radius 1 is 1.14 bits per heavy atom. The zero-order valence-corrected chi connectivity index (χ0v) is 10.8. The van der Waals surface area contributed by atoms with E-state index >= 15 is 0 Å². The highest BCUT2D eigenvalue weighted by atomic mass is 19.4. The molecule has 3 rings (SSSR count). The normalized spacial score (nSPS) is 18.7. The Hall–Kier alpha value is -2.09. The number of halogens is 3. The minimum absolute atomic E-state index is 0.0540. The average Bonchev–Trinajstić information content (AvgIpc) is 2.74. The highest BCUT2D eigenvalue weighted by molar-refractivity contribution is 6.52. The standard InChI is InChI=1S/C13H11F3N2O3/c14-13(15,16)7-1-2-8(18-3-5-21-6-4-18)10-9(7)11(19)12(20)17-10/h1-2H,3-6H2,(H,17,19,20). The second kappa shape index (κ2) is 4.73. The van der Waals surface area contributed by atoms with E-state index in [1.54, 1.807) is 4.90 Å². The lowest BCUT2D eigenvalue weighted by atomic mass is 10.0. The molecule has 0 radical (unpaired) electrons. The summed E-state index contributed by atoms with van der Waals surface area (Å²) in [5.41, 5.74) is -1.31. The van der Waals surface area contributed by atoms with Crippen molar-refractivity contribution in [1.29, 1.82) is 0 Å². The van der Waals surface area contributed by atoms with Crippen LogP contribution in [0.15, 0.2) is 12.1 Å². The molecular weight excluding hydrogens is 289 g/mol. The Balaban J connectivity index is 2.13. The first-order chi connectivity index (χ1) is 9.89. The molecule has 0 aromatic heterocycles. The van der Waals surface area contributed by atoms with Crippen LogP contribution in [-0.4, -0.2) is 38.0 Å². The van der Waals surface area contributed by atoms with Gasteiger partial charge in [-0.15, -0.1) is 0 Å². The SMILES string of the molecule is O=C1Nc2c(N3CCOCC3)ccc(C(F)(F)F)c2C1=O. The molecule has 0 bridgehead atoms. The predicted octanol–water partition coefficient (Wildman–Crippen LogP) is 1.68. The van der Waals surface area contributed by atoms with Crippen molar-refractivity contribution in [2.24, 2.45) is 0 Å². The number of rotatable bonds is 1. The topological polar surface area (TPSA) is 58.6 Å². The van der Waals surface area contributed by atoms with E-state index in [1.807, 2.05) is 0 Å². The molecule has 0 unspecified atom stereocenters. The number of carbonyl (C=O) groups excluding carboxylic acids is 2. The fraction of sp³-hybridized carbons (Fsp3) is 0.385. The van der Waals surface area contributed by atoms with Crippen LogP contribution in [0, 0.1) is 0 Å². The number of ether oxygens (including phenoxy) is 1. The lowest BCUT2D eigenvalue weighted by Gasteiger charge is -2.30. The molecule has 21 heavy (non-hydrogen) atoms. The third kappa shape index (κ3) is 2.25. The van der Waals surface area contributed by atoms with E-state index in [4.69, 9.17) is 4.74 Å². The van der Waals surface area contributed by atoms with Crippen LogP contribution >= 0.6 is 0 Å². The van der Waals surface area contributed by atoms with Crippen LogP contribution in [0.2, 0.25) is 0 Å². The Kier molecular flexibility index (Phi) is 3.12. The Labute approximate surface area is 117 Å². The number of morpholine rings is 1. The van der Waals surface area contributed by atoms with Gasteiger partial charge in [-0.1, -0.05) is 0 Å². The molecule has 0 spiro atoms. The van der Waals surface area contributed by atoms with E-state index in [0.717, 1.165) is 6.07 Å². The Morgan fingerprint density at radius 2 is 1.81 bits per heavy atom. The molecule has 0 saturated carbocycles. The molecule has 2 aliphatic heterocycles. The number of hydrogen-bond acceptors (Lipinski definition) is 4. The van der Waals surface area contributed by atoms with Gasteiger partial charge in [-0.3, -0.25) is 9.59 Å². The number of amides is 1. The molecule has 1 saturated heterocycles. The zero-order valence-electron chi connectivity index (χ0n) is 10.8. The van der Waals surface area contributed by atoms with E-state index < -0.39 is 29.0 Å². The third-order valence-electron chi connectivity index (χ3n) is 3.51. The molecule has 1 amide bonds. The maximum Gasteiger partial charge on any atom is 0.417 e. The van der Waals surface area contributed by atoms with Crippen molar-refractivity contribution >= 4 is 23.1 Å². The predicted molar refractivity (Wildman–Crippen MR) is 67.4 cm³/mol. The van der Waals surface area contributed by atoms with Gasteiger partial charge in [-0.05, 0) is 12.1 Å². The summed E-state index contributed by atoms with van der Waals surface area (Å²) in [5, 5.41) is 2.25. The van der Waals surface area contributed by atoms with Crippen molar-refractivity contribution < 1.29 is 27.5 Å². The van der Waals surface area contributed by atoms with Gasteiger partial charge in [0.15, 0.2) is 0 Å². The van der Waals surface area contributed by atoms with Crippen LogP contribution in [0.25, 0.3) is 0 Å². The first kappa shape index (κ1) is 13.9. The smallest absolute Gasteiger partial charge is 0.378 e. The number of Topliss-reactive ketones (excluding diaryl/α,β-unsaturated/α-hetero) is 1. The van der Waals surface area contributed by atoms with Crippen molar-refractivity contribution in [3.63, 3.8) is 0 Å². The van der Waals surface area contributed by atoms with Crippen LogP contribution in [0.3, 0.4) is 0 Å². The second-order valence-corrected chi connectivity index (χ2v) is 4.76. The van der Waals surface area contributed by atoms with Gasteiger partial charge in [0.25, 0.3) is 11.7 Å². The van der Waals surface area contributed by atoms with E-state index in [-0.39, 0.29) is 5.69 Å². The number of ketones is 1. The molecule has 1 aromatic carbocycles. The first-order valence-corrected chi connectivity index (χ1v) is 6.32. The molecule has 1 aromatic rings. The molecule has 112 valence electrons. The number of anilines is 2. The summed E-state index contributed by atoms with van der Waals surface area (Å²) >= 11 is 0. The van der Waals surface area contributed by atoms with Crippen molar-refractivity contribution in [1.82, 2.24) is 0 Å². The molecule has 0 aliphatic carbocycles. The van der Waals surface area contributed by atoms with Gasteiger partial charge in [0.05, 0.1) is 35.7 Å². The number of carbonyl (C=O) groups is 2. The molecule has 1 N–H and O–H groups in total. The number of hydrogen-bond donors (Lipinski definition) is 1. The van der Waals surface area contributed by atoms with Crippen molar-refractivity contribution in [3.8, 4) is 0 Å². The summed E-state index contributed by atoms with van der Waals surface area (Å²) in [4.78, 5) is 25.0. The van der Waals surface area contributed by atoms with Gasteiger partial charge < -0.3 is 15.0 Å². The number of fused-ring (bicyclic) bond motifs is 1. The largest absolute Gasteiger partial charge is 0.417 e. The van der Waals surface area contributed by atoms with Gasteiger partial charge in [-0.2, -0.15) is 13.2 Å². The molecule has 5 nitrogen and oxygen atoms in total. The van der Waals surface area contributed by atoms with E-state index in [2.05, 4.69) is 5.32 Å². The van der Waals surface area contributed by atoms with Crippen LogP contribution in [-0.2, 0) is 15.7 Å². The van der Waals surface area contributed by atoms with Gasteiger partial charge in [0.1, 0.15) is 0 Å². The number of nitrogens with one attached hydrogen (secondary N) is 1. The van der Waals surface area contributed by atoms with Gasteiger partial charge in [-0.25, -0.2) is 0 Å². The summed E-state index contributed by atoms with van der Waals surface area (Å²) in [6.07, 6.45) is -4.68. The Morgan fingerprint density at radius 3 is 2.43 bits per heavy atom. The van der Waals surface area contributed by atoms with Crippen LogP contribution in [0.5, 0.6) is 0 Å². The second-order valence-electron chi connectivity index (χ2n) is 4.76. The highest BCUT2D eigenvalue weighted by Gasteiger charge is 2.42. The summed E-state index contributed by atoms with van der Waals surface area (Å²) in [6.45, 7) is 1.86. The highest BCUT2D eigenvalue weighted by Crippen LogP contribution is 2.42.